The molecule has 2 aromatic rings. The molecule has 0 saturated heterocycles. The molecule has 6 nitrogen and oxygen atoms in total. The molecule has 2 rings (SSSR count). The Morgan fingerprint density at radius 2 is 1.81 bits per heavy atom. The van der Waals surface area contributed by atoms with Crippen LogP contribution in [0.15, 0.2) is 41.8 Å². The Kier molecular flexibility index (Phi) is 6.56. The van der Waals surface area contributed by atoms with Crippen LogP contribution in [0.1, 0.15) is 15.2 Å². The number of benzene rings is 1. The van der Waals surface area contributed by atoms with Gasteiger partial charge < -0.3 is 15.5 Å². The fourth-order valence-corrected chi connectivity index (χ4v) is 2.76. The number of para-hydroxylation sites is 1. The monoisotopic (exact) mass is 399 g/mol. The van der Waals surface area contributed by atoms with Gasteiger partial charge in [-0.25, -0.2) is 0 Å². The summed E-state index contributed by atoms with van der Waals surface area (Å²) in [6, 6.07) is 7.84. The maximum atomic E-state index is 12.9. The zero-order valence-electron chi connectivity index (χ0n) is 14.2. The number of carbonyl (C=O) groups excluding carboxylic acids is 3. The zero-order chi connectivity index (χ0) is 20.0. The highest BCUT2D eigenvalue weighted by molar-refractivity contribution is 7.12. The van der Waals surface area contributed by atoms with Gasteiger partial charge in [0.05, 0.1) is 29.2 Å². The minimum Gasteiger partial charge on any atom is -0.342 e. The van der Waals surface area contributed by atoms with E-state index in [0.717, 1.165) is 17.0 Å². The van der Waals surface area contributed by atoms with Gasteiger partial charge in [-0.3, -0.25) is 14.4 Å². The molecule has 0 spiro atoms. The molecule has 0 aliphatic heterocycles. The Morgan fingerprint density at radius 3 is 2.44 bits per heavy atom. The van der Waals surface area contributed by atoms with Crippen molar-refractivity contribution in [2.24, 2.45) is 0 Å². The molecule has 1 aromatic heterocycles. The van der Waals surface area contributed by atoms with Crippen molar-refractivity contribution >= 4 is 34.7 Å². The summed E-state index contributed by atoms with van der Waals surface area (Å²) in [6.45, 7) is -0.792. The average molecular weight is 399 g/mol. The summed E-state index contributed by atoms with van der Waals surface area (Å²) in [5.41, 5.74) is -1.36. The van der Waals surface area contributed by atoms with Gasteiger partial charge in [0.2, 0.25) is 11.8 Å². The molecule has 2 N–H and O–H groups in total. The lowest BCUT2D eigenvalue weighted by Crippen LogP contribution is -2.41. The predicted molar refractivity (Wildman–Crippen MR) is 94.4 cm³/mol. The molecule has 1 aromatic carbocycles. The third kappa shape index (κ3) is 5.81. The summed E-state index contributed by atoms with van der Waals surface area (Å²) in [6.07, 6.45) is -4.61. The van der Waals surface area contributed by atoms with Crippen molar-refractivity contribution in [1.29, 1.82) is 0 Å². The molecular weight excluding hydrogens is 383 g/mol. The average Bonchev–Trinajstić information content (AvgIpc) is 3.13. The van der Waals surface area contributed by atoms with Crippen LogP contribution >= 0.6 is 11.3 Å². The van der Waals surface area contributed by atoms with Gasteiger partial charge in [0.15, 0.2) is 0 Å². The van der Waals surface area contributed by atoms with Gasteiger partial charge in [-0.1, -0.05) is 18.2 Å². The number of hydrogen-bond acceptors (Lipinski definition) is 4. The quantitative estimate of drug-likeness (QED) is 0.784. The number of halogens is 3. The molecule has 0 radical (unpaired) electrons. The lowest BCUT2D eigenvalue weighted by Gasteiger charge is -2.18. The van der Waals surface area contributed by atoms with Crippen LogP contribution in [-0.4, -0.2) is 42.8 Å². The number of alkyl halides is 3. The first kappa shape index (κ1) is 20.4. The third-order valence-electron chi connectivity index (χ3n) is 3.46. The van der Waals surface area contributed by atoms with Gasteiger partial charge in [-0.05, 0) is 23.6 Å². The normalized spacial score (nSPS) is 11.0. The number of likely N-dealkylation sites (N-methyl/N-ethyl adjacent to an activating group) is 1. The molecule has 0 saturated carbocycles. The largest absolute Gasteiger partial charge is 0.418 e. The number of amides is 3. The van der Waals surface area contributed by atoms with E-state index in [4.69, 9.17) is 0 Å². The fraction of sp³-hybridized carbons (Fsp3) is 0.235. The molecule has 0 unspecified atom stereocenters. The van der Waals surface area contributed by atoms with Crippen molar-refractivity contribution in [3.8, 4) is 0 Å². The summed E-state index contributed by atoms with van der Waals surface area (Å²) in [4.78, 5) is 37.2. The summed E-state index contributed by atoms with van der Waals surface area (Å²) in [7, 11) is 1.31. The Morgan fingerprint density at radius 1 is 1.11 bits per heavy atom. The first-order valence-electron chi connectivity index (χ1n) is 7.70. The molecule has 0 fully saturated rings. The van der Waals surface area contributed by atoms with Crippen LogP contribution in [0.4, 0.5) is 18.9 Å². The Hall–Kier alpha value is -2.88. The molecular formula is C17H16F3N3O3S. The number of thiophene rings is 1. The summed E-state index contributed by atoms with van der Waals surface area (Å²) >= 11 is 1.21. The van der Waals surface area contributed by atoms with Crippen molar-refractivity contribution in [2.75, 3.05) is 25.5 Å². The highest BCUT2D eigenvalue weighted by atomic mass is 32.1. The minimum absolute atomic E-state index is 0.334. The van der Waals surface area contributed by atoms with E-state index in [1.165, 1.54) is 30.5 Å². The molecule has 0 aliphatic carbocycles. The van der Waals surface area contributed by atoms with Gasteiger partial charge in [-0.2, -0.15) is 13.2 Å². The number of anilines is 1. The Balaban J connectivity index is 1.88. The maximum Gasteiger partial charge on any atom is 0.418 e. The fourth-order valence-electron chi connectivity index (χ4n) is 2.12. The first-order valence-corrected chi connectivity index (χ1v) is 8.58. The predicted octanol–water partition coefficient (Wildman–Crippen LogP) is 2.59. The summed E-state index contributed by atoms with van der Waals surface area (Å²) in [5, 5.41) is 6.28. The topological polar surface area (TPSA) is 78.5 Å². The lowest BCUT2D eigenvalue weighted by atomic mass is 10.1. The SMILES string of the molecule is CN(CC(=O)Nc1ccccc1C(F)(F)F)C(=O)CNC(=O)c1cccs1. The van der Waals surface area contributed by atoms with E-state index in [1.807, 2.05) is 0 Å². The van der Waals surface area contributed by atoms with Crippen LogP contribution in [0.25, 0.3) is 0 Å². The van der Waals surface area contributed by atoms with Crippen LogP contribution in [-0.2, 0) is 15.8 Å². The van der Waals surface area contributed by atoms with Gasteiger partial charge in [0, 0.05) is 7.05 Å². The highest BCUT2D eigenvalue weighted by Crippen LogP contribution is 2.34. The lowest BCUT2D eigenvalue weighted by molar-refractivity contribution is -0.137. The number of nitrogens with one attached hydrogen (secondary N) is 2. The molecule has 0 bridgehead atoms. The van der Waals surface area contributed by atoms with E-state index in [1.54, 1.807) is 17.5 Å². The Bertz CT molecular complexity index is 822. The van der Waals surface area contributed by atoms with Crippen molar-refractivity contribution in [1.82, 2.24) is 10.2 Å². The molecule has 10 heteroatoms. The van der Waals surface area contributed by atoms with E-state index in [9.17, 15) is 27.6 Å². The molecule has 27 heavy (non-hydrogen) atoms. The first-order chi connectivity index (χ1) is 12.7. The van der Waals surface area contributed by atoms with Crippen molar-refractivity contribution in [3.63, 3.8) is 0 Å². The molecule has 1 heterocycles. The third-order valence-corrected chi connectivity index (χ3v) is 4.33. The standard InChI is InChI=1S/C17H16F3N3O3S/c1-23(15(25)9-21-16(26)13-7-4-8-27-13)10-14(24)22-12-6-3-2-5-11(12)17(18,19)20/h2-8H,9-10H2,1H3,(H,21,26)(H,22,24). The number of carbonyl (C=O) groups is 3. The summed E-state index contributed by atoms with van der Waals surface area (Å²) < 4.78 is 38.8. The van der Waals surface area contributed by atoms with Crippen molar-refractivity contribution < 1.29 is 27.6 Å². The van der Waals surface area contributed by atoms with Gasteiger partial charge in [0.25, 0.3) is 5.91 Å². The zero-order valence-corrected chi connectivity index (χ0v) is 15.0. The molecule has 0 aliphatic rings. The second-order valence-electron chi connectivity index (χ2n) is 5.50. The van der Waals surface area contributed by atoms with Crippen LogP contribution in [0, 0.1) is 0 Å². The van der Waals surface area contributed by atoms with E-state index < -0.39 is 36.0 Å². The van der Waals surface area contributed by atoms with Crippen LogP contribution in [0.2, 0.25) is 0 Å². The summed E-state index contributed by atoms with van der Waals surface area (Å²) in [5.74, 6) is -1.76. The minimum atomic E-state index is -4.61. The number of rotatable bonds is 6. The second kappa shape index (κ2) is 8.67. The van der Waals surface area contributed by atoms with E-state index in [0.29, 0.717) is 4.88 Å². The van der Waals surface area contributed by atoms with E-state index in [-0.39, 0.29) is 12.2 Å². The highest BCUT2D eigenvalue weighted by Gasteiger charge is 2.33. The number of nitrogens with zero attached hydrogens (tertiary/aromatic N) is 1. The van der Waals surface area contributed by atoms with Gasteiger partial charge in [-0.15, -0.1) is 11.3 Å². The second-order valence-corrected chi connectivity index (χ2v) is 6.45. The molecule has 3 amide bonds. The number of hydrogen-bond donors (Lipinski definition) is 2. The van der Waals surface area contributed by atoms with Gasteiger partial charge >= 0.3 is 6.18 Å². The Labute approximate surface area is 157 Å². The van der Waals surface area contributed by atoms with Crippen LogP contribution in [0.3, 0.4) is 0 Å². The molecule has 0 atom stereocenters. The maximum absolute atomic E-state index is 12.9. The van der Waals surface area contributed by atoms with Gasteiger partial charge in [0.1, 0.15) is 0 Å². The van der Waals surface area contributed by atoms with Crippen LogP contribution < -0.4 is 10.6 Å². The van der Waals surface area contributed by atoms with Crippen LogP contribution in [0.5, 0.6) is 0 Å². The van der Waals surface area contributed by atoms with E-state index >= 15 is 0 Å². The molecule has 144 valence electrons. The van der Waals surface area contributed by atoms with E-state index in [2.05, 4.69) is 10.6 Å². The smallest absolute Gasteiger partial charge is 0.342 e. The van der Waals surface area contributed by atoms with Crippen molar-refractivity contribution in [3.05, 3.63) is 52.2 Å². The van der Waals surface area contributed by atoms with Crippen molar-refractivity contribution in [2.45, 2.75) is 6.18 Å².